The Labute approximate surface area is 327 Å². The van der Waals surface area contributed by atoms with Gasteiger partial charge in [-0.2, -0.15) is 0 Å². The highest BCUT2D eigenvalue weighted by Crippen LogP contribution is 2.99. The highest BCUT2D eigenvalue weighted by atomic mass is 15.0. The first-order chi connectivity index (χ1) is 26.4. The maximum Gasteiger partial charge on any atom is 0.165 e. The van der Waals surface area contributed by atoms with Crippen LogP contribution in [-0.2, 0) is 28.1 Å². The quantitative estimate of drug-likeness (QED) is 0.165. The van der Waals surface area contributed by atoms with E-state index in [0.717, 1.165) is 22.4 Å². The maximum atomic E-state index is 5.09. The minimum atomic E-state index is 0.0648. The topological polar surface area (TPSA) is 51.6 Å². The monoisotopic (exact) mass is 720 g/mol. The first-order valence-electron chi connectivity index (χ1n) is 20.6. The van der Waals surface area contributed by atoms with Gasteiger partial charge in [0.25, 0.3) is 0 Å². The van der Waals surface area contributed by atoms with Crippen molar-refractivity contribution in [3.63, 3.8) is 0 Å². The van der Waals surface area contributed by atoms with Crippen LogP contribution in [-0.4, -0.2) is 19.9 Å². The molecule has 55 heavy (non-hydrogen) atoms. The molecule has 0 saturated heterocycles. The van der Waals surface area contributed by atoms with Gasteiger partial charge in [-0.1, -0.05) is 134 Å². The largest absolute Gasteiger partial charge is 0.255 e. The Morgan fingerprint density at radius 2 is 1.02 bits per heavy atom. The lowest BCUT2D eigenvalue weighted by atomic mass is 9.66. The SMILES string of the molecule is CCCCc1ccc2c(c1)[C@@]13CCC14CC[C@]43c1cc(-c3ccc(-c4nc(-c5ccc(C(C)(C)C)cc5)nc(-c5ccc(C(C)(C)C)cc5)n4)cn3)ccc1-2. The van der Waals surface area contributed by atoms with Crippen LogP contribution < -0.4 is 0 Å². The van der Waals surface area contributed by atoms with Crippen molar-refractivity contribution in [2.75, 3.05) is 0 Å². The van der Waals surface area contributed by atoms with Gasteiger partial charge in [0.15, 0.2) is 17.5 Å². The summed E-state index contributed by atoms with van der Waals surface area (Å²) in [6.07, 6.45) is 11.0. The Hall–Kier alpha value is -4.96. The summed E-state index contributed by atoms with van der Waals surface area (Å²) in [5.74, 6) is 1.96. The molecule has 1 unspecified atom stereocenters. The van der Waals surface area contributed by atoms with E-state index in [1.807, 2.05) is 6.20 Å². The lowest BCUT2D eigenvalue weighted by Gasteiger charge is -2.37. The fourth-order valence-corrected chi connectivity index (χ4v) is 11.1. The van der Waals surface area contributed by atoms with Crippen LogP contribution in [0.25, 0.3) is 56.5 Å². The molecule has 10 rings (SSSR count). The number of aryl methyl sites for hydroxylation is 1. The molecule has 2 aromatic heterocycles. The standard InChI is InChI=1S/C51H52N4/c1-8-9-10-32-11-22-39-40-23-16-35(30-42(40)51-28-26-49(51)25-27-50(49,51)41(39)29-32)43-24-17-36(31-52-43)46-54-44(33-12-18-37(19-13-33)47(2,3)4)53-45(55-46)34-14-20-38(21-15-34)48(5,6)7/h11-24,29-31H,8-10,25-28H2,1-7H3/t49?,50-,51-/m0/s1. The molecule has 0 bridgehead atoms. The van der Waals surface area contributed by atoms with Gasteiger partial charge in [-0.3, -0.25) is 4.98 Å². The van der Waals surface area contributed by atoms with E-state index in [-0.39, 0.29) is 10.8 Å². The van der Waals surface area contributed by atoms with Crippen LogP contribution in [0, 0.1) is 5.41 Å². The third-order valence-electron chi connectivity index (χ3n) is 14.3. The van der Waals surface area contributed by atoms with Crippen LogP contribution in [0.2, 0.25) is 0 Å². The van der Waals surface area contributed by atoms with Gasteiger partial charge >= 0.3 is 0 Å². The molecule has 276 valence electrons. The average molecular weight is 721 g/mol. The summed E-state index contributed by atoms with van der Waals surface area (Å²) < 4.78 is 0. The van der Waals surface area contributed by atoms with Crippen molar-refractivity contribution in [1.29, 1.82) is 0 Å². The Bertz CT molecular complexity index is 2400. The molecule has 4 aliphatic rings. The maximum absolute atomic E-state index is 5.09. The van der Waals surface area contributed by atoms with Crippen molar-refractivity contribution < 1.29 is 0 Å². The number of pyridine rings is 1. The lowest BCUT2D eigenvalue weighted by molar-refractivity contribution is 0.183. The van der Waals surface area contributed by atoms with Crippen molar-refractivity contribution in [3.8, 4) is 56.5 Å². The molecular weight excluding hydrogens is 669 g/mol. The van der Waals surface area contributed by atoms with Gasteiger partial charge in [0.1, 0.15) is 0 Å². The number of hydrogen-bond acceptors (Lipinski definition) is 4. The van der Waals surface area contributed by atoms with Crippen LogP contribution >= 0.6 is 0 Å². The third-order valence-corrected chi connectivity index (χ3v) is 14.3. The van der Waals surface area contributed by atoms with Crippen LogP contribution in [0.3, 0.4) is 0 Å². The summed E-state index contributed by atoms with van der Waals surface area (Å²) in [7, 11) is 0. The van der Waals surface area contributed by atoms with E-state index in [2.05, 4.69) is 146 Å². The molecule has 3 atom stereocenters. The molecule has 0 N–H and O–H groups in total. The van der Waals surface area contributed by atoms with Gasteiger partial charge in [0.2, 0.25) is 0 Å². The average Bonchev–Trinajstić information content (AvgIpc) is 3.44. The van der Waals surface area contributed by atoms with E-state index in [1.165, 1.54) is 78.3 Å². The van der Waals surface area contributed by atoms with Crippen LogP contribution in [0.15, 0.2) is 103 Å². The summed E-state index contributed by atoms with van der Waals surface area (Å²) in [4.78, 5) is 20.2. The molecule has 0 radical (unpaired) electrons. The molecule has 0 aliphatic heterocycles. The molecule has 4 heteroatoms. The number of fused-ring (bicyclic) bond motifs is 3. The summed E-state index contributed by atoms with van der Waals surface area (Å²) in [6, 6.07) is 36.2. The fraction of sp³-hybridized carbons (Fsp3) is 0.373. The number of hydrogen-bond donors (Lipinski definition) is 0. The lowest BCUT2D eigenvalue weighted by Crippen LogP contribution is -2.30. The van der Waals surface area contributed by atoms with Crippen molar-refractivity contribution in [2.24, 2.45) is 5.41 Å². The molecule has 3 spiro atoms. The first kappa shape index (κ1) is 34.5. The normalized spacial score (nSPS) is 23.0. The second-order valence-corrected chi connectivity index (χ2v) is 19.0. The molecule has 4 aromatic carbocycles. The zero-order valence-corrected chi connectivity index (χ0v) is 33.6. The van der Waals surface area contributed by atoms with Gasteiger partial charge in [0, 0.05) is 39.3 Å². The van der Waals surface area contributed by atoms with Crippen molar-refractivity contribution >= 4 is 0 Å². The molecule has 4 aliphatic carbocycles. The summed E-state index contributed by atoms with van der Waals surface area (Å²) >= 11 is 0. The van der Waals surface area contributed by atoms with Crippen LogP contribution in [0.5, 0.6) is 0 Å². The summed E-state index contributed by atoms with van der Waals surface area (Å²) in [5, 5.41) is 0. The van der Waals surface area contributed by atoms with E-state index in [0.29, 0.717) is 33.7 Å². The fourth-order valence-electron chi connectivity index (χ4n) is 11.1. The van der Waals surface area contributed by atoms with Crippen molar-refractivity contribution in [3.05, 3.63) is 131 Å². The highest BCUT2D eigenvalue weighted by molar-refractivity contribution is 5.88. The minimum absolute atomic E-state index is 0.0648. The predicted octanol–water partition coefficient (Wildman–Crippen LogP) is 12.6. The molecule has 4 nitrogen and oxygen atoms in total. The Morgan fingerprint density at radius 1 is 0.527 bits per heavy atom. The first-order valence-corrected chi connectivity index (χ1v) is 20.6. The number of unbranched alkanes of at least 4 members (excludes halogenated alkanes) is 1. The Balaban J connectivity index is 1.02. The Kier molecular flexibility index (Phi) is 7.39. The van der Waals surface area contributed by atoms with Gasteiger partial charge in [-0.25, -0.2) is 15.0 Å². The highest BCUT2D eigenvalue weighted by Gasteiger charge is 2.96. The molecule has 0 amide bonds. The smallest absolute Gasteiger partial charge is 0.165 e. The molecule has 6 aromatic rings. The molecular formula is C51H52N4. The molecule has 3 saturated carbocycles. The zero-order valence-electron chi connectivity index (χ0n) is 33.6. The number of benzene rings is 4. The van der Waals surface area contributed by atoms with E-state index >= 15 is 0 Å². The second kappa shape index (κ2) is 11.8. The van der Waals surface area contributed by atoms with Crippen LogP contribution in [0.4, 0.5) is 0 Å². The molecule has 3 fully saturated rings. The van der Waals surface area contributed by atoms with Crippen molar-refractivity contribution in [1.82, 2.24) is 19.9 Å². The van der Waals surface area contributed by atoms with E-state index in [1.54, 1.807) is 11.1 Å². The van der Waals surface area contributed by atoms with E-state index in [4.69, 9.17) is 19.9 Å². The van der Waals surface area contributed by atoms with Gasteiger partial charge in [0.05, 0.1) is 5.69 Å². The Morgan fingerprint density at radius 3 is 1.49 bits per heavy atom. The van der Waals surface area contributed by atoms with Gasteiger partial charge < -0.3 is 0 Å². The van der Waals surface area contributed by atoms with E-state index in [9.17, 15) is 0 Å². The third kappa shape index (κ3) is 4.82. The number of aromatic nitrogens is 4. The minimum Gasteiger partial charge on any atom is -0.255 e. The molecule has 2 heterocycles. The predicted molar refractivity (Wildman–Crippen MR) is 225 cm³/mol. The van der Waals surface area contributed by atoms with Gasteiger partial charge in [-0.05, 0) is 112 Å². The van der Waals surface area contributed by atoms with Gasteiger partial charge in [-0.15, -0.1) is 0 Å². The number of nitrogens with zero attached hydrogens (tertiary/aromatic N) is 4. The number of rotatable bonds is 7. The summed E-state index contributed by atoms with van der Waals surface area (Å²) in [5.41, 5.74) is 16.6. The second-order valence-electron chi connectivity index (χ2n) is 19.0. The van der Waals surface area contributed by atoms with Crippen molar-refractivity contribution in [2.45, 2.75) is 115 Å². The summed E-state index contributed by atoms with van der Waals surface area (Å²) in [6.45, 7) is 15.7. The zero-order chi connectivity index (χ0) is 38.0. The van der Waals surface area contributed by atoms with E-state index < -0.39 is 0 Å². The van der Waals surface area contributed by atoms with Crippen LogP contribution in [0.1, 0.15) is 115 Å².